The standard InChI is InChI=1S/C18H28N2OS/c1-13-5-7-15(8-6-13)20(16-9-10-16)12-18(21)19-14(2)17-4-3-11-22-17/h3-4,11,13-16H,5-10,12H2,1-2H3,(H,19,21). The van der Waals surface area contributed by atoms with Crippen LogP contribution >= 0.6 is 11.3 Å². The lowest BCUT2D eigenvalue weighted by molar-refractivity contribution is -0.123. The monoisotopic (exact) mass is 320 g/mol. The predicted octanol–water partition coefficient (Wildman–Crippen LogP) is 3.97. The summed E-state index contributed by atoms with van der Waals surface area (Å²) in [4.78, 5) is 16.2. The predicted molar refractivity (Wildman–Crippen MR) is 92.0 cm³/mol. The summed E-state index contributed by atoms with van der Waals surface area (Å²) in [6.45, 7) is 5.01. The first-order chi connectivity index (χ1) is 10.6. The van der Waals surface area contributed by atoms with Gasteiger partial charge in [-0.3, -0.25) is 9.69 Å². The topological polar surface area (TPSA) is 32.3 Å². The Morgan fingerprint density at radius 1 is 1.27 bits per heavy atom. The van der Waals surface area contributed by atoms with Crippen molar-refractivity contribution in [3.8, 4) is 0 Å². The maximum absolute atomic E-state index is 12.5. The summed E-state index contributed by atoms with van der Waals surface area (Å²) in [6, 6.07) is 5.56. The van der Waals surface area contributed by atoms with Gasteiger partial charge in [-0.05, 0) is 62.8 Å². The van der Waals surface area contributed by atoms with E-state index in [4.69, 9.17) is 0 Å². The van der Waals surface area contributed by atoms with Crippen LogP contribution in [0.2, 0.25) is 0 Å². The number of carbonyl (C=O) groups is 1. The molecule has 0 saturated heterocycles. The first kappa shape index (κ1) is 16.0. The van der Waals surface area contributed by atoms with Crippen molar-refractivity contribution in [2.75, 3.05) is 6.54 Å². The molecule has 4 heteroatoms. The van der Waals surface area contributed by atoms with Crippen LogP contribution < -0.4 is 5.32 Å². The second-order valence-electron chi connectivity index (χ2n) is 7.12. The summed E-state index contributed by atoms with van der Waals surface area (Å²) in [6.07, 6.45) is 7.73. The Hall–Kier alpha value is -0.870. The molecule has 0 aliphatic heterocycles. The minimum Gasteiger partial charge on any atom is -0.348 e. The zero-order valence-electron chi connectivity index (χ0n) is 13.8. The second-order valence-corrected chi connectivity index (χ2v) is 8.10. The van der Waals surface area contributed by atoms with E-state index in [0.717, 1.165) is 5.92 Å². The molecule has 22 heavy (non-hydrogen) atoms. The lowest BCUT2D eigenvalue weighted by Gasteiger charge is -2.36. The molecule has 1 unspecified atom stereocenters. The Kier molecular flexibility index (Phi) is 5.19. The molecule has 1 heterocycles. The molecular weight excluding hydrogens is 292 g/mol. The molecule has 3 rings (SSSR count). The van der Waals surface area contributed by atoms with E-state index in [1.54, 1.807) is 11.3 Å². The highest BCUT2D eigenvalue weighted by molar-refractivity contribution is 7.10. The van der Waals surface area contributed by atoms with Crippen LogP contribution in [0.5, 0.6) is 0 Å². The largest absolute Gasteiger partial charge is 0.348 e. The zero-order valence-corrected chi connectivity index (χ0v) is 14.6. The van der Waals surface area contributed by atoms with Gasteiger partial charge in [-0.25, -0.2) is 0 Å². The van der Waals surface area contributed by atoms with Crippen LogP contribution in [0.3, 0.4) is 0 Å². The third-order valence-corrected chi connectivity index (χ3v) is 6.20. The van der Waals surface area contributed by atoms with Crippen LogP contribution in [-0.2, 0) is 4.79 Å². The molecule has 0 radical (unpaired) electrons. The average Bonchev–Trinajstić information content (AvgIpc) is 3.19. The van der Waals surface area contributed by atoms with Crippen LogP contribution in [0, 0.1) is 5.92 Å². The fourth-order valence-corrected chi connectivity index (χ4v) is 4.33. The van der Waals surface area contributed by atoms with Crippen LogP contribution in [-0.4, -0.2) is 29.4 Å². The van der Waals surface area contributed by atoms with E-state index in [1.165, 1.54) is 43.4 Å². The molecule has 1 aromatic heterocycles. The maximum atomic E-state index is 12.5. The smallest absolute Gasteiger partial charge is 0.234 e. The van der Waals surface area contributed by atoms with Gasteiger partial charge >= 0.3 is 0 Å². The Labute approximate surface area is 138 Å². The normalized spacial score (nSPS) is 26.9. The highest BCUT2D eigenvalue weighted by Crippen LogP contribution is 2.35. The van der Waals surface area contributed by atoms with Crippen molar-refractivity contribution in [2.45, 2.75) is 70.5 Å². The third-order valence-electron chi connectivity index (χ3n) is 5.14. The Balaban J connectivity index is 1.53. The molecular formula is C18H28N2OS. The zero-order chi connectivity index (χ0) is 15.5. The molecule has 0 aromatic carbocycles. The number of rotatable bonds is 6. The van der Waals surface area contributed by atoms with Gasteiger partial charge in [0.25, 0.3) is 0 Å². The Bertz CT molecular complexity index is 475. The summed E-state index contributed by atoms with van der Waals surface area (Å²) in [7, 11) is 0. The average molecular weight is 321 g/mol. The quantitative estimate of drug-likeness (QED) is 0.860. The van der Waals surface area contributed by atoms with Crippen LogP contribution in [0.25, 0.3) is 0 Å². The molecule has 1 aromatic rings. The summed E-state index contributed by atoms with van der Waals surface area (Å²) in [5.41, 5.74) is 0. The summed E-state index contributed by atoms with van der Waals surface area (Å²) < 4.78 is 0. The molecule has 1 amide bonds. The minimum absolute atomic E-state index is 0.125. The van der Waals surface area contributed by atoms with E-state index in [0.29, 0.717) is 18.6 Å². The summed E-state index contributed by atoms with van der Waals surface area (Å²) in [5, 5.41) is 5.24. The van der Waals surface area contributed by atoms with E-state index >= 15 is 0 Å². The van der Waals surface area contributed by atoms with Gasteiger partial charge in [0.05, 0.1) is 12.6 Å². The maximum Gasteiger partial charge on any atom is 0.234 e. The highest BCUT2D eigenvalue weighted by Gasteiger charge is 2.36. The van der Waals surface area contributed by atoms with Gasteiger partial charge in [-0.15, -0.1) is 11.3 Å². The molecule has 2 fully saturated rings. The fraction of sp³-hybridized carbons (Fsp3) is 0.722. The number of carbonyl (C=O) groups excluding carboxylic acids is 1. The molecule has 2 saturated carbocycles. The third kappa shape index (κ3) is 4.11. The van der Waals surface area contributed by atoms with Crippen molar-refractivity contribution in [1.82, 2.24) is 10.2 Å². The Morgan fingerprint density at radius 2 is 1.91 bits per heavy atom. The first-order valence-corrected chi connectivity index (χ1v) is 9.60. The number of hydrogen-bond acceptors (Lipinski definition) is 3. The lowest BCUT2D eigenvalue weighted by atomic mass is 9.86. The summed E-state index contributed by atoms with van der Waals surface area (Å²) >= 11 is 1.71. The molecule has 0 spiro atoms. The summed E-state index contributed by atoms with van der Waals surface area (Å²) in [5.74, 6) is 1.05. The molecule has 0 bridgehead atoms. The molecule has 1 atom stereocenters. The minimum atomic E-state index is 0.125. The molecule has 122 valence electrons. The second kappa shape index (κ2) is 7.14. The van der Waals surface area contributed by atoms with Crippen molar-refractivity contribution < 1.29 is 4.79 Å². The van der Waals surface area contributed by atoms with Gasteiger partial charge in [-0.2, -0.15) is 0 Å². The van der Waals surface area contributed by atoms with Gasteiger partial charge < -0.3 is 5.32 Å². The molecule has 3 nitrogen and oxygen atoms in total. The van der Waals surface area contributed by atoms with E-state index in [2.05, 4.69) is 35.5 Å². The van der Waals surface area contributed by atoms with Gasteiger partial charge in [0, 0.05) is 17.0 Å². The van der Waals surface area contributed by atoms with Crippen molar-refractivity contribution in [1.29, 1.82) is 0 Å². The SMILES string of the molecule is CC1CCC(N(CC(=O)NC(C)c2cccs2)C2CC2)CC1. The Morgan fingerprint density at radius 3 is 2.45 bits per heavy atom. The lowest BCUT2D eigenvalue weighted by Crippen LogP contribution is -2.45. The van der Waals surface area contributed by atoms with Gasteiger partial charge in [0.1, 0.15) is 0 Å². The van der Waals surface area contributed by atoms with Crippen molar-refractivity contribution in [3.05, 3.63) is 22.4 Å². The van der Waals surface area contributed by atoms with E-state index in [9.17, 15) is 4.79 Å². The number of amides is 1. The number of nitrogens with zero attached hydrogens (tertiary/aromatic N) is 1. The van der Waals surface area contributed by atoms with E-state index in [1.807, 2.05) is 6.07 Å². The number of thiophene rings is 1. The van der Waals surface area contributed by atoms with Crippen molar-refractivity contribution in [3.63, 3.8) is 0 Å². The van der Waals surface area contributed by atoms with E-state index < -0.39 is 0 Å². The van der Waals surface area contributed by atoms with Crippen LogP contribution in [0.1, 0.15) is 63.3 Å². The number of nitrogens with one attached hydrogen (secondary N) is 1. The molecule has 1 N–H and O–H groups in total. The molecule has 2 aliphatic rings. The van der Waals surface area contributed by atoms with Crippen LogP contribution in [0.4, 0.5) is 0 Å². The van der Waals surface area contributed by atoms with E-state index in [-0.39, 0.29) is 11.9 Å². The fourth-order valence-electron chi connectivity index (χ4n) is 3.60. The van der Waals surface area contributed by atoms with Gasteiger partial charge in [0.15, 0.2) is 0 Å². The van der Waals surface area contributed by atoms with Gasteiger partial charge in [-0.1, -0.05) is 13.0 Å². The van der Waals surface area contributed by atoms with Gasteiger partial charge in [0.2, 0.25) is 5.91 Å². The first-order valence-electron chi connectivity index (χ1n) is 8.72. The van der Waals surface area contributed by atoms with Crippen LogP contribution in [0.15, 0.2) is 17.5 Å². The van der Waals surface area contributed by atoms with Crippen molar-refractivity contribution in [2.24, 2.45) is 5.92 Å². The number of hydrogen-bond donors (Lipinski definition) is 1. The highest BCUT2D eigenvalue weighted by atomic mass is 32.1. The molecule has 2 aliphatic carbocycles. The van der Waals surface area contributed by atoms with Crippen molar-refractivity contribution >= 4 is 17.2 Å².